The summed E-state index contributed by atoms with van der Waals surface area (Å²) in [5, 5.41) is 10.4. The number of rotatable bonds is 7. The number of para-hydroxylation sites is 2. The molecule has 1 N–H and O–H groups in total. The highest BCUT2D eigenvalue weighted by molar-refractivity contribution is 5.76. The molecule has 1 atom stereocenters. The molecule has 126 valence electrons. The zero-order valence-corrected chi connectivity index (χ0v) is 14.3. The molecule has 0 spiro atoms. The van der Waals surface area contributed by atoms with Gasteiger partial charge in [-0.25, -0.2) is 4.98 Å². The summed E-state index contributed by atoms with van der Waals surface area (Å²) in [6.45, 7) is 5.32. The lowest BCUT2D eigenvalue weighted by Gasteiger charge is -2.14. The van der Waals surface area contributed by atoms with Crippen molar-refractivity contribution in [1.29, 1.82) is 0 Å². The molecule has 0 aliphatic rings. The number of aryl methyl sites for hydroxylation is 1. The standard InChI is InChI=1S/C20H24N2O2/c1-3-6-19(23)20-21-17-7-4-5-8-18(17)22(20)13-14-24-16-11-9-15(2)10-12-16/h4-5,7-12,19,23H,3,6,13-14H2,1-2H3. The Morgan fingerprint density at radius 3 is 2.62 bits per heavy atom. The van der Waals surface area contributed by atoms with Crippen molar-refractivity contribution in [3.63, 3.8) is 0 Å². The number of ether oxygens (including phenoxy) is 1. The van der Waals surface area contributed by atoms with E-state index in [9.17, 15) is 5.11 Å². The fourth-order valence-corrected chi connectivity index (χ4v) is 2.88. The normalized spacial score (nSPS) is 12.5. The van der Waals surface area contributed by atoms with Gasteiger partial charge in [0.15, 0.2) is 0 Å². The van der Waals surface area contributed by atoms with Crippen molar-refractivity contribution in [3.05, 3.63) is 59.9 Å². The molecule has 0 saturated carbocycles. The first-order valence-corrected chi connectivity index (χ1v) is 8.51. The third kappa shape index (κ3) is 3.60. The van der Waals surface area contributed by atoms with Gasteiger partial charge in [0, 0.05) is 0 Å². The van der Waals surface area contributed by atoms with Crippen LogP contribution in [0.15, 0.2) is 48.5 Å². The molecule has 1 heterocycles. The average Bonchev–Trinajstić information content (AvgIpc) is 2.96. The topological polar surface area (TPSA) is 47.3 Å². The van der Waals surface area contributed by atoms with Gasteiger partial charge in [-0.2, -0.15) is 0 Å². The highest BCUT2D eigenvalue weighted by atomic mass is 16.5. The minimum atomic E-state index is -0.540. The van der Waals surface area contributed by atoms with E-state index in [1.165, 1.54) is 5.56 Å². The first kappa shape index (κ1) is 16.5. The van der Waals surface area contributed by atoms with Crippen LogP contribution in [0, 0.1) is 6.92 Å². The van der Waals surface area contributed by atoms with E-state index in [1.54, 1.807) is 0 Å². The fourth-order valence-electron chi connectivity index (χ4n) is 2.88. The molecule has 4 heteroatoms. The van der Waals surface area contributed by atoms with E-state index in [2.05, 4.69) is 23.4 Å². The molecule has 3 rings (SSSR count). The van der Waals surface area contributed by atoms with E-state index < -0.39 is 6.10 Å². The van der Waals surface area contributed by atoms with E-state index in [-0.39, 0.29) is 0 Å². The fraction of sp³-hybridized carbons (Fsp3) is 0.350. The van der Waals surface area contributed by atoms with Crippen molar-refractivity contribution in [2.24, 2.45) is 0 Å². The zero-order valence-electron chi connectivity index (χ0n) is 14.3. The van der Waals surface area contributed by atoms with Gasteiger partial charge in [-0.05, 0) is 37.6 Å². The average molecular weight is 324 g/mol. The summed E-state index contributed by atoms with van der Waals surface area (Å²) in [5.74, 6) is 1.59. The predicted molar refractivity (Wildman–Crippen MR) is 96.3 cm³/mol. The highest BCUT2D eigenvalue weighted by Crippen LogP contribution is 2.23. The molecule has 0 saturated heterocycles. The number of aliphatic hydroxyl groups is 1. The van der Waals surface area contributed by atoms with E-state index in [0.717, 1.165) is 29.0 Å². The molecule has 0 aliphatic heterocycles. The second-order valence-corrected chi connectivity index (χ2v) is 6.08. The molecular formula is C20H24N2O2. The minimum Gasteiger partial charge on any atom is -0.492 e. The maximum atomic E-state index is 10.4. The summed E-state index contributed by atoms with van der Waals surface area (Å²) in [6, 6.07) is 16.0. The van der Waals surface area contributed by atoms with Crippen molar-refractivity contribution >= 4 is 11.0 Å². The Hall–Kier alpha value is -2.33. The number of aliphatic hydroxyl groups excluding tert-OH is 1. The van der Waals surface area contributed by atoms with E-state index in [1.807, 2.05) is 48.5 Å². The quantitative estimate of drug-likeness (QED) is 0.706. The lowest BCUT2D eigenvalue weighted by molar-refractivity contribution is 0.151. The molecule has 0 aliphatic carbocycles. The van der Waals surface area contributed by atoms with Crippen molar-refractivity contribution in [2.75, 3.05) is 6.61 Å². The first-order valence-electron chi connectivity index (χ1n) is 8.51. The van der Waals surface area contributed by atoms with Crippen LogP contribution in [0.4, 0.5) is 0 Å². The van der Waals surface area contributed by atoms with Crippen LogP contribution >= 0.6 is 0 Å². The van der Waals surface area contributed by atoms with Gasteiger partial charge in [-0.1, -0.05) is 43.2 Å². The zero-order chi connectivity index (χ0) is 16.9. The van der Waals surface area contributed by atoms with Gasteiger partial charge in [-0.3, -0.25) is 0 Å². The maximum absolute atomic E-state index is 10.4. The van der Waals surface area contributed by atoms with Crippen LogP contribution in [0.3, 0.4) is 0 Å². The van der Waals surface area contributed by atoms with Gasteiger partial charge in [0.1, 0.15) is 24.3 Å². The second kappa shape index (κ2) is 7.49. The van der Waals surface area contributed by atoms with Crippen molar-refractivity contribution in [2.45, 2.75) is 39.3 Å². The van der Waals surface area contributed by atoms with Gasteiger partial charge < -0.3 is 14.4 Å². The van der Waals surface area contributed by atoms with Crippen LogP contribution in [-0.2, 0) is 6.54 Å². The van der Waals surface area contributed by atoms with Gasteiger partial charge in [0.25, 0.3) is 0 Å². The Labute approximate surface area is 142 Å². The summed E-state index contributed by atoms with van der Waals surface area (Å²) in [4.78, 5) is 4.63. The third-order valence-electron chi connectivity index (χ3n) is 4.15. The predicted octanol–water partition coefficient (Wildman–Crippen LogP) is 4.26. The lowest BCUT2D eigenvalue weighted by atomic mass is 10.2. The number of nitrogens with zero attached hydrogens (tertiary/aromatic N) is 2. The molecule has 4 nitrogen and oxygen atoms in total. The molecule has 0 amide bonds. The number of aromatic nitrogens is 2. The molecule has 2 aromatic carbocycles. The monoisotopic (exact) mass is 324 g/mol. The Bertz CT molecular complexity index is 793. The van der Waals surface area contributed by atoms with Crippen LogP contribution in [0.5, 0.6) is 5.75 Å². The third-order valence-corrected chi connectivity index (χ3v) is 4.15. The van der Waals surface area contributed by atoms with Gasteiger partial charge >= 0.3 is 0 Å². The Balaban J connectivity index is 1.79. The molecule has 1 aromatic heterocycles. The number of benzene rings is 2. The number of hydrogen-bond donors (Lipinski definition) is 1. The van der Waals surface area contributed by atoms with Gasteiger partial charge in [0.2, 0.25) is 0 Å². The largest absolute Gasteiger partial charge is 0.492 e. The molecule has 0 fully saturated rings. The summed E-state index contributed by atoms with van der Waals surface area (Å²) < 4.78 is 7.92. The number of fused-ring (bicyclic) bond motifs is 1. The van der Waals surface area contributed by atoms with Crippen LogP contribution in [-0.4, -0.2) is 21.3 Å². The Morgan fingerprint density at radius 1 is 1.12 bits per heavy atom. The second-order valence-electron chi connectivity index (χ2n) is 6.08. The minimum absolute atomic E-state index is 0.537. The Kier molecular flexibility index (Phi) is 5.16. The maximum Gasteiger partial charge on any atom is 0.138 e. The SMILES string of the molecule is CCCC(O)c1nc2ccccc2n1CCOc1ccc(C)cc1. The van der Waals surface area contributed by atoms with Gasteiger partial charge in [0.05, 0.1) is 17.6 Å². The molecule has 1 unspecified atom stereocenters. The van der Waals surface area contributed by atoms with E-state index in [4.69, 9.17) is 4.74 Å². The van der Waals surface area contributed by atoms with E-state index >= 15 is 0 Å². The summed E-state index contributed by atoms with van der Waals surface area (Å²) >= 11 is 0. The summed E-state index contributed by atoms with van der Waals surface area (Å²) in [5.41, 5.74) is 3.17. The Morgan fingerprint density at radius 2 is 1.88 bits per heavy atom. The van der Waals surface area contributed by atoms with Crippen LogP contribution in [0.1, 0.15) is 37.3 Å². The smallest absolute Gasteiger partial charge is 0.138 e. The molecular weight excluding hydrogens is 300 g/mol. The first-order chi connectivity index (χ1) is 11.7. The molecule has 0 bridgehead atoms. The molecule has 24 heavy (non-hydrogen) atoms. The molecule has 0 radical (unpaired) electrons. The van der Waals surface area contributed by atoms with Crippen molar-refractivity contribution < 1.29 is 9.84 Å². The van der Waals surface area contributed by atoms with Crippen LogP contribution < -0.4 is 4.74 Å². The van der Waals surface area contributed by atoms with Crippen LogP contribution in [0.25, 0.3) is 11.0 Å². The van der Waals surface area contributed by atoms with Crippen LogP contribution in [0.2, 0.25) is 0 Å². The number of hydrogen-bond acceptors (Lipinski definition) is 3. The van der Waals surface area contributed by atoms with Crippen molar-refractivity contribution in [1.82, 2.24) is 9.55 Å². The van der Waals surface area contributed by atoms with Crippen molar-refractivity contribution in [3.8, 4) is 5.75 Å². The summed E-state index contributed by atoms with van der Waals surface area (Å²) in [6.07, 6.45) is 1.09. The lowest BCUT2D eigenvalue weighted by Crippen LogP contribution is -2.14. The molecule has 3 aromatic rings. The van der Waals surface area contributed by atoms with Gasteiger partial charge in [-0.15, -0.1) is 0 Å². The summed E-state index contributed by atoms with van der Waals surface area (Å²) in [7, 11) is 0. The number of imidazole rings is 1. The highest BCUT2D eigenvalue weighted by Gasteiger charge is 2.17. The van der Waals surface area contributed by atoms with E-state index in [0.29, 0.717) is 19.6 Å².